The minimum absolute atomic E-state index is 0.0602. The zero-order valence-electron chi connectivity index (χ0n) is 10.6. The first-order chi connectivity index (χ1) is 7.54. The van der Waals surface area contributed by atoms with Gasteiger partial charge in [0, 0.05) is 32.2 Å². The van der Waals surface area contributed by atoms with Crippen LogP contribution in [0.15, 0.2) is 0 Å². The molecule has 1 heterocycles. The summed E-state index contributed by atoms with van der Waals surface area (Å²) in [5.41, 5.74) is 0. The van der Waals surface area contributed by atoms with Crippen molar-refractivity contribution in [3.63, 3.8) is 0 Å². The van der Waals surface area contributed by atoms with E-state index in [1.54, 1.807) is 0 Å². The molecular weight excluding hydrogens is 204 g/mol. The Hall–Kier alpha value is -0.610. The van der Waals surface area contributed by atoms with Gasteiger partial charge in [-0.05, 0) is 19.3 Å². The first-order valence-electron chi connectivity index (χ1n) is 6.17. The van der Waals surface area contributed by atoms with E-state index in [-0.39, 0.29) is 18.6 Å². The van der Waals surface area contributed by atoms with Crippen LogP contribution in [0.2, 0.25) is 0 Å². The van der Waals surface area contributed by atoms with Gasteiger partial charge < -0.3 is 10.4 Å². The third-order valence-corrected chi connectivity index (χ3v) is 3.19. The molecular formula is C12H24N2O2. The van der Waals surface area contributed by atoms with Crippen LogP contribution >= 0.6 is 0 Å². The quantitative estimate of drug-likeness (QED) is 0.694. The molecule has 1 aliphatic rings. The maximum Gasteiger partial charge on any atom is 0.237 e. The Morgan fingerprint density at radius 2 is 2.06 bits per heavy atom. The number of aliphatic hydroxyl groups excluding tert-OH is 1. The van der Waals surface area contributed by atoms with Crippen LogP contribution in [0.3, 0.4) is 0 Å². The van der Waals surface area contributed by atoms with Gasteiger partial charge in [0.25, 0.3) is 0 Å². The monoisotopic (exact) mass is 228 g/mol. The topological polar surface area (TPSA) is 52.6 Å². The molecule has 0 aliphatic carbocycles. The van der Waals surface area contributed by atoms with Crippen molar-refractivity contribution in [2.24, 2.45) is 11.8 Å². The number of carbonyl (C=O) groups excluding carboxylic acids is 1. The van der Waals surface area contributed by atoms with E-state index < -0.39 is 0 Å². The number of likely N-dealkylation sites (tertiary alicyclic amines) is 1. The molecule has 2 N–H and O–H groups in total. The van der Waals surface area contributed by atoms with Crippen molar-refractivity contribution < 1.29 is 9.90 Å². The Bertz CT molecular complexity index is 225. The van der Waals surface area contributed by atoms with Gasteiger partial charge in [-0.1, -0.05) is 13.8 Å². The normalized spacial score (nSPS) is 19.6. The molecule has 0 aromatic carbocycles. The Labute approximate surface area is 98.0 Å². The highest BCUT2D eigenvalue weighted by Gasteiger charge is 2.32. The predicted molar refractivity (Wildman–Crippen MR) is 64.1 cm³/mol. The second-order valence-electron chi connectivity index (χ2n) is 5.15. The Kier molecular flexibility index (Phi) is 5.22. The van der Waals surface area contributed by atoms with Crippen LogP contribution in [0.1, 0.15) is 27.2 Å². The zero-order valence-corrected chi connectivity index (χ0v) is 10.6. The zero-order chi connectivity index (χ0) is 12.1. The van der Waals surface area contributed by atoms with Gasteiger partial charge in [0.1, 0.15) is 0 Å². The van der Waals surface area contributed by atoms with Crippen LogP contribution in [0.5, 0.6) is 0 Å². The van der Waals surface area contributed by atoms with Gasteiger partial charge in [-0.2, -0.15) is 0 Å². The van der Waals surface area contributed by atoms with E-state index in [1.165, 1.54) is 0 Å². The van der Waals surface area contributed by atoms with Crippen molar-refractivity contribution in [3.05, 3.63) is 0 Å². The summed E-state index contributed by atoms with van der Waals surface area (Å²) < 4.78 is 0. The van der Waals surface area contributed by atoms with Crippen LogP contribution in [0.25, 0.3) is 0 Å². The lowest BCUT2D eigenvalue weighted by Gasteiger charge is -2.41. The van der Waals surface area contributed by atoms with Crippen molar-refractivity contribution >= 4 is 5.91 Å². The van der Waals surface area contributed by atoms with Crippen molar-refractivity contribution in [2.75, 3.05) is 26.2 Å². The number of nitrogens with zero attached hydrogens (tertiary/aromatic N) is 1. The number of carbonyl (C=O) groups is 1. The first-order valence-corrected chi connectivity index (χ1v) is 6.17. The second kappa shape index (κ2) is 6.21. The molecule has 1 unspecified atom stereocenters. The Morgan fingerprint density at radius 3 is 2.56 bits per heavy atom. The van der Waals surface area contributed by atoms with E-state index in [2.05, 4.69) is 24.1 Å². The minimum Gasteiger partial charge on any atom is -0.396 e. The summed E-state index contributed by atoms with van der Waals surface area (Å²) in [6.07, 6.45) is 1.03. The van der Waals surface area contributed by atoms with Gasteiger partial charge in [0.2, 0.25) is 5.91 Å². The summed E-state index contributed by atoms with van der Waals surface area (Å²) in [4.78, 5) is 13.8. The number of nitrogens with one attached hydrogen (secondary N) is 1. The summed E-state index contributed by atoms with van der Waals surface area (Å²) in [7, 11) is 0. The van der Waals surface area contributed by atoms with Gasteiger partial charge in [-0.25, -0.2) is 0 Å². The lowest BCUT2D eigenvalue weighted by molar-refractivity contribution is -0.129. The Balaban J connectivity index is 2.16. The molecule has 0 radical (unpaired) electrons. The summed E-state index contributed by atoms with van der Waals surface area (Å²) in [5.74, 6) is 1.10. The van der Waals surface area contributed by atoms with E-state index in [0.29, 0.717) is 11.8 Å². The molecule has 0 bridgehead atoms. The standard InChI is InChI=1S/C12H24N2O2/c1-9(2)4-5-13-12(16)10(3)14-6-11(7-14)8-15/h9-11,15H,4-8H2,1-3H3,(H,13,16). The average molecular weight is 228 g/mol. The van der Waals surface area contributed by atoms with Crippen molar-refractivity contribution in [1.29, 1.82) is 0 Å². The number of hydrogen-bond acceptors (Lipinski definition) is 3. The van der Waals surface area contributed by atoms with Gasteiger partial charge >= 0.3 is 0 Å². The molecule has 1 saturated heterocycles. The van der Waals surface area contributed by atoms with Crippen LogP contribution < -0.4 is 5.32 Å². The maximum atomic E-state index is 11.7. The molecule has 1 aliphatic heterocycles. The number of amides is 1. The molecule has 0 aromatic rings. The predicted octanol–water partition coefficient (Wildman–Crippen LogP) is 0.461. The van der Waals surface area contributed by atoms with Gasteiger partial charge in [0.05, 0.1) is 6.04 Å². The van der Waals surface area contributed by atoms with Crippen LogP contribution in [-0.2, 0) is 4.79 Å². The van der Waals surface area contributed by atoms with E-state index >= 15 is 0 Å². The SMILES string of the molecule is CC(C)CCNC(=O)C(C)N1CC(CO)C1. The van der Waals surface area contributed by atoms with E-state index in [4.69, 9.17) is 5.11 Å². The summed E-state index contributed by atoms with van der Waals surface area (Å²) in [6, 6.07) is -0.0602. The molecule has 1 amide bonds. The van der Waals surface area contributed by atoms with E-state index in [0.717, 1.165) is 26.1 Å². The average Bonchev–Trinajstić information content (AvgIpc) is 2.15. The minimum atomic E-state index is -0.0602. The van der Waals surface area contributed by atoms with Crippen LogP contribution in [0, 0.1) is 11.8 Å². The highest BCUT2D eigenvalue weighted by atomic mass is 16.3. The summed E-state index contributed by atoms with van der Waals surface area (Å²) >= 11 is 0. The van der Waals surface area contributed by atoms with Gasteiger partial charge in [0.15, 0.2) is 0 Å². The lowest BCUT2D eigenvalue weighted by atomic mass is 9.99. The third-order valence-electron chi connectivity index (χ3n) is 3.19. The molecule has 94 valence electrons. The molecule has 4 heteroatoms. The molecule has 0 aromatic heterocycles. The number of hydrogen-bond donors (Lipinski definition) is 2. The number of rotatable bonds is 6. The molecule has 0 spiro atoms. The van der Waals surface area contributed by atoms with Crippen molar-refractivity contribution in [2.45, 2.75) is 33.2 Å². The molecule has 1 fully saturated rings. The highest BCUT2D eigenvalue weighted by Crippen LogP contribution is 2.17. The fourth-order valence-corrected chi connectivity index (χ4v) is 1.84. The molecule has 16 heavy (non-hydrogen) atoms. The van der Waals surface area contributed by atoms with Crippen LogP contribution in [-0.4, -0.2) is 48.2 Å². The van der Waals surface area contributed by atoms with Gasteiger partial charge in [-0.15, -0.1) is 0 Å². The molecule has 4 nitrogen and oxygen atoms in total. The Morgan fingerprint density at radius 1 is 1.44 bits per heavy atom. The van der Waals surface area contributed by atoms with E-state index in [1.807, 2.05) is 6.92 Å². The summed E-state index contributed by atoms with van der Waals surface area (Å²) in [6.45, 7) is 8.91. The molecule has 0 saturated carbocycles. The van der Waals surface area contributed by atoms with Crippen LogP contribution in [0.4, 0.5) is 0 Å². The highest BCUT2D eigenvalue weighted by molar-refractivity contribution is 5.81. The van der Waals surface area contributed by atoms with Crippen molar-refractivity contribution in [3.8, 4) is 0 Å². The first kappa shape index (κ1) is 13.5. The third kappa shape index (κ3) is 3.76. The summed E-state index contributed by atoms with van der Waals surface area (Å²) in [5, 5.41) is 11.9. The molecule has 1 atom stereocenters. The van der Waals surface area contributed by atoms with E-state index in [9.17, 15) is 4.79 Å². The number of aliphatic hydroxyl groups is 1. The largest absolute Gasteiger partial charge is 0.396 e. The van der Waals surface area contributed by atoms with Crippen molar-refractivity contribution in [1.82, 2.24) is 10.2 Å². The fourth-order valence-electron chi connectivity index (χ4n) is 1.84. The maximum absolute atomic E-state index is 11.7. The molecule has 1 rings (SSSR count). The second-order valence-corrected chi connectivity index (χ2v) is 5.15. The fraction of sp³-hybridized carbons (Fsp3) is 0.917. The lowest BCUT2D eigenvalue weighted by Crippen LogP contribution is -2.57. The van der Waals surface area contributed by atoms with Gasteiger partial charge in [-0.3, -0.25) is 9.69 Å². The smallest absolute Gasteiger partial charge is 0.237 e.